The number of rotatable bonds is 8. The summed E-state index contributed by atoms with van der Waals surface area (Å²) in [5, 5.41) is 8.81. The number of ether oxygens (including phenoxy) is 2. The Balaban J connectivity index is 2.19. The number of nitrogens with one attached hydrogen (secondary N) is 1. The second-order valence-corrected chi connectivity index (χ2v) is 5.88. The van der Waals surface area contributed by atoms with Crippen LogP contribution in [0.25, 0.3) is 0 Å². The van der Waals surface area contributed by atoms with Crippen molar-refractivity contribution in [1.82, 2.24) is 15.1 Å². The van der Waals surface area contributed by atoms with E-state index >= 15 is 0 Å². The minimum Gasteiger partial charge on any atom is -0.383 e. The molecule has 1 aliphatic heterocycles. The van der Waals surface area contributed by atoms with Gasteiger partial charge < -0.3 is 14.8 Å². The fourth-order valence-corrected chi connectivity index (χ4v) is 3.13. The van der Waals surface area contributed by atoms with Crippen LogP contribution in [0, 0.1) is 5.92 Å². The van der Waals surface area contributed by atoms with Gasteiger partial charge in [-0.1, -0.05) is 18.5 Å². The van der Waals surface area contributed by atoms with Crippen LogP contribution in [0.3, 0.4) is 0 Å². The first-order chi connectivity index (χ1) is 10.3. The van der Waals surface area contributed by atoms with Crippen LogP contribution in [0.5, 0.6) is 0 Å². The minimum atomic E-state index is 0.237. The summed E-state index contributed by atoms with van der Waals surface area (Å²) in [6, 6.07) is 0.237. The zero-order valence-electron chi connectivity index (χ0n) is 13.0. The fourth-order valence-electron chi connectivity index (χ4n) is 2.87. The molecule has 1 atom stereocenters. The van der Waals surface area contributed by atoms with Crippen molar-refractivity contribution >= 4 is 11.6 Å². The molecule has 1 fully saturated rings. The maximum Gasteiger partial charge on any atom is 0.0834 e. The summed E-state index contributed by atoms with van der Waals surface area (Å²) in [4.78, 5) is 0. The monoisotopic (exact) mass is 315 g/mol. The third kappa shape index (κ3) is 4.42. The third-order valence-electron chi connectivity index (χ3n) is 3.99. The van der Waals surface area contributed by atoms with Gasteiger partial charge in [-0.2, -0.15) is 5.10 Å². The zero-order valence-corrected chi connectivity index (χ0v) is 13.7. The van der Waals surface area contributed by atoms with Gasteiger partial charge in [0.15, 0.2) is 0 Å². The molecule has 1 saturated heterocycles. The van der Waals surface area contributed by atoms with E-state index in [-0.39, 0.29) is 6.04 Å². The van der Waals surface area contributed by atoms with E-state index in [1.165, 1.54) is 0 Å². The minimum absolute atomic E-state index is 0.237. The fraction of sp³-hybridized carbons (Fsp3) is 0.800. The Morgan fingerprint density at radius 1 is 1.52 bits per heavy atom. The molecule has 21 heavy (non-hydrogen) atoms. The van der Waals surface area contributed by atoms with Crippen LogP contribution in [-0.2, 0) is 16.0 Å². The van der Waals surface area contributed by atoms with E-state index < -0.39 is 0 Å². The van der Waals surface area contributed by atoms with Gasteiger partial charge in [0.2, 0.25) is 0 Å². The van der Waals surface area contributed by atoms with Crippen molar-refractivity contribution in [2.24, 2.45) is 5.92 Å². The molecule has 0 radical (unpaired) electrons. The smallest absolute Gasteiger partial charge is 0.0834 e. The molecular formula is C15H26ClN3O2. The molecular weight excluding hydrogens is 290 g/mol. The Kier molecular flexibility index (Phi) is 6.96. The predicted molar refractivity (Wildman–Crippen MR) is 83.7 cm³/mol. The lowest BCUT2D eigenvalue weighted by atomic mass is 9.89. The largest absolute Gasteiger partial charge is 0.383 e. The lowest BCUT2D eigenvalue weighted by molar-refractivity contribution is 0.0522. The van der Waals surface area contributed by atoms with Crippen molar-refractivity contribution in [2.45, 2.75) is 38.8 Å². The maximum absolute atomic E-state index is 6.42. The molecule has 1 aromatic heterocycles. The first kappa shape index (κ1) is 16.7. The Labute approximate surface area is 131 Å². The second kappa shape index (κ2) is 8.73. The number of hydrogen-bond acceptors (Lipinski definition) is 4. The molecule has 0 saturated carbocycles. The molecule has 6 heteroatoms. The standard InChI is InChI=1S/C15H26ClN3O2/c1-3-6-17-14(12-4-8-21-9-5-12)15-13(16)11-18-19(15)7-10-20-2/h11-12,14,17H,3-10H2,1-2H3. The number of methoxy groups -OCH3 is 1. The van der Waals surface area contributed by atoms with Crippen LogP contribution in [0.4, 0.5) is 0 Å². The van der Waals surface area contributed by atoms with E-state index in [1.807, 2.05) is 4.68 Å². The molecule has 1 aromatic rings. The number of nitrogens with zero attached hydrogens (tertiary/aromatic N) is 2. The average Bonchev–Trinajstić information content (AvgIpc) is 2.88. The van der Waals surface area contributed by atoms with Gasteiger partial charge in [0.25, 0.3) is 0 Å². The molecule has 1 unspecified atom stereocenters. The average molecular weight is 316 g/mol. The van der Waals surface area contributed by atoms with Crippen LogP contribution >= 0.6 is 11.6 Å². The van der Waals surface area contributed by atoms with Crippen molar-refractivity contribution in [2.75, 3.05) is 33.5 Å². The van der Waals surface area contributed by atoms with E-state index in [2.05, 4.69) is 17.3 Å². The van der Waals surface area contributed by atoms with Crippen LogP contribution in [0.1, 0.15) is 37.9 Å². The molecule has 0 aromatic carbocycles. The molecule has 2 heterocycles. The Bertz CT molecular complexity index is 419. The highest BCUT2D eigenvalue weighted by Crippen LogP contribution is 2.33. The van der Waals surface area contributed by atoms with E-state index in [0.29, 0.717) is 12.5 Å². The van der Waals surface area contributed by atoms with E-state index in [0.717, 1.165) is 56.3 Å². The summed E-state index contributed by atoms with van der Waals surface area (Å²) in [5.74, 6) is 0.542. The topological polar surface area (TPSA) is 48.3 Å². The van der Waals surface area contributed by atoms with Gasteiger partial charge in [0, 0.05) is 20.3 Å². The summed E-state index contributed by atoms with van der Waals surface area (Å²) in [6.07, 6.45) is 4.97. The van der Waals surface area contributed by atoms with E-state index in [4.69, 9.17) is 21.1 Å². The van der Waals surface area contributed by atoms with Gasteiger partial charge in [-0.15, -0.1) is 0 Å². The number of hydrogen-bond donors (Lipinski definition) is 1. The number of aromatic nitrogens is 2. The highest BCUT2D eigenvalue weighted by atomic mass is 35.5. The van der Waals surface area contributed by atoms with Crippen molar-refractivity contribution in [3.63, 3.8) is 0 Å². The molecule has 2 rings (SSSR count). The first-order valence-corrected chi connectivity index (χ1v) is 8.17. The summed E-state index contributed by atoms with van der Waals surface area (Å²) in [5.41, 5.74) is 1.09. The van der Waals surface area contributed by atoms with Gasteiger partial charge >= 0.3 is 0 Å². The van der Waals surface area contributed by atoms with Gasteiger partial charge in [-0.3, -0.25) is 4.68 Å². The molecule has 0 aliphatic carbocycles. The number of halogens is 1. The third-order valence-corrected chi connectivity index (χ3v) is 4.28. The summed E-state index contributed by atoms with van der Waals surface area (Å²) in [6.45, 7) is 6.19. The van der Waals surface area contributed by atoms with Gasteiger partial charge in [0.05, 0.1) is 36.1 Å². The summed E-state index contributed by atoms with van der Waals surface area (Å²) in [7, 11) is 1.70. The summed E-state index contributed by atoms with van der Waals surface area (Å²) >= 11 is 6.42. The van der Waals surface area contributed by atoms with Crippen LogP contribution in [-0.4, -0.2) is 43.3 Å². The van der Waals surface area contributed by atoms with E-state index in [9.17, 15) is 0 Å². The van der Waals surface area contributed by atoms with Gasteiger partial charge in [-0.25, -0.2) is 0 Å². The Morgan fingerprint density at radius 2 is 2.29 bits per heavy atom. The van der Waals surface area contributed by atoms with Crippen molar-refractivity contribution in [1.29, 1.82) is 0 Å². The lowest BCUT2D eigenvalue weighted by Crippen LogP contribution is -2.34. The quantitative estimate of drug-likeness (QED) is 0.801. The molecule has 0 amide bonds. The molecule has 1 N–H and O–H groups in total. The SMILES string of the molecule is CCCNC(c1c(Cl)cnn1CCOC)C1CCOCC1. The maximum atomic E-state index is 6.42. The highest BCUT2D eigenvalue weighted by molar-refractivity contribution is 6.31. The normalized spacial score (nSPS) is 18.0. The Morgan fingerprint density at radius 3 is 2.95 bits per heavy atom. The van der Waals surface area contributed by atoms with Crippen molar-refractivity contribution in [3.05, 3.63) is 16.9 Å². The summed E-state index contributed by atoms with van der Waals surface area (Å²) < 4.78 is 12.6. The highest BCUT2D eigenvalue weighted by Gasteiger charge is 2.29. The van der Waals surface area contributed by atoms with Crippen LogP contribution in [0.2, 0.25) is 5.02 Å². The van der Waals surface area contributed by atoms with Gasteiger partial charge in [-0.05, 0) is 31.7 Å². The predicted octanol–water partition coefficient (Wildman–Crippen LogP) is 2.65. The zero-order chi connectivity index (χ0) is 15.1. The Hall–Kier alpha value is -0.620. The molecule has 120 valence electrons. The van der Waals surface area contributed by atoms with Crippen molar-refractivity contribution in [3.8, 4) is 0 Å². The van der Waals surface area contributed by atoms with Crippen LogP contribution < -0.4 is 5.32 Å². The van der Waals surface area contributed by atoms with Gasteiger partial charge in [0.1, 0.15) is 0 Å². The van der Waals surface area contributed by atoms with Crippen LogP contribution in [0.15, 0.2) is 6.20 Å². The molecule has 5 nitrogen and oxygen atoms in total. The van der Waals surface area contributed by atoms with E-state index in [1.54, 1.807) is 13.3 Å². The molecule has 0 bridgehead atoms. The molecule has 1 aliphatic rings. The first-order valence-electron chi connectivity index (χ1n) is 7.79. The second-order valence-electron chi connectivity index (χ2n) is 5.48. The lowest BCUT2D eigenvalue weighted by Gasteiger charge is -2.31. The van der Waals surface area contributed by atoms with Crippen molar-refractivity contribution < 1.29 is 9.47 Å². The molecule has 0 spiro atoms.